The number of aromatic nitrogens is 2. The maximum absolute atomic E-state index is 5.94. The maximum atomic E-state index is 5.94. The first-order chi connectivity index (χ1) is 10.3. The van der Waals surface area contributed by atoms with Crippen LogP contribution in [-0.4, -0.2) is 22.8 Å². The van der Waals surface area contributed by atoms with Gasteiger partial charge in [0.25, 0.3) is 0 Å². The van der Waals surface area contributed by atoms with E-state index in [-0.39, 0.29) is 0 Å². The molecule has 3 rings (SSSR count). The summed E-state index contributed by atoms with van der Waals surface area (Å²) in [5.74, 6) is 2.53. The fourth-order valence-electron chi connectivity index (χ4n) is 2.78. The van der Waals surface area contributed by atoms with Crippen molar-refractivity contribution in [2.75, 3.05) is 6.61 Å². The van der Waals surface area contributed by atoms with Crippen LogP contribution in [0.4, 0.5) is 0 Å². The van der Waals surface area contributed by atoms with Gasteiger partial charge in [-0.05, 0) is 44.7 Å². The Morgan fingerprint density at radius 1 is 1.29 bits per heavy atom. The zero-order valence-electron chi connectivity index (χ0n) is 12.3. The van der Waals surface area contributed by atoms with E-state index in [1.165, 1.54) is 0 Å². The Labute approximate surface area is 124 Å². The van der Waals surface area contributed by atoms with E-state index in [0.717, 1.165) is 42.9 Å². The van der Waals surface area contributed by atoms with Crippen LogP contribution in [0.3, 0.4) is 0 Å². The number of nitrogens with zero attached hydrogens (tertiary/aromatic N) is 2. The predicted molar refractivity (Wildman–Crippen MR) is 80.1 cm³/mol. The molecule has 0 amide bonds. The molecule has 1 heterocycles. The monoisotopic (exact) mass is 287 g/mol. The molecule has 0 unspecified atom stereocenters. The minimum atomic E-state index is 0.325. The molecule has 0 saturated heterocycles. The summed E-state index contributed by atoms with van der Waals surface area (Å²) in [4.78, 5) is 4.56. The van der Waals surface area contributed by atoms with Crippen molar-refractivity contribution in [3.05, 3.63) is 30.2 Å². The van der Waals surface area contributed by atoms with Gasteiger partial charge in [0, 0.05) is 17.5 Å². The molecule has 0 aliphatic heterocycles. The van der Waals surface area contributed by atoms with Crippen molar-refractivity contribution >= 4 is 0 Å². The van der Waals surface area contributed by atoms with Crippen LogP contribution in [0.2, 0.25) is 0 Å². The van der Waals surface area contributed by atoms with Crippen molar-refractivity contribution in [3.8, 4) is 17.1 Å². The van der Waals surface area contributed by atoms with Crippen molar-refractivity contribution in [1.82, 2.24) is 10.1 Å². The third-order valence-corrected chi connectivity index (χ3v) is 3.97. The van der Waals surface area contributed by atoms with Crippen molar-refractivity contribution in [2.24, 2.45) is 5.73 Å². The summed E-state index contributed by atoms with van der Waals surface area (Å²) >= 11 is 0. The number of benzene rings is 1. The average Bonchev–Trinajstić information content (AvgIpc) is 2.98. The Kier molecular flexibility index (Phi) is 4.20. The second kappa shape index (κ2) is 6.26. The van der Waals surface area contributed by atoms with E-state index < -0.39 is 0 Å². The third-order valence-electron chi connectivity index (χ3n) is 3.97. The highest BCUT2D eigenvalue weighted by Crippen LogP contribution is 2.32. The van der Waals surface area contributed by atoms with Gasteiger partial charge in [0.1, 0.15) is 5.75 Å². The molecule has 0 spiro atoms. The molecule has 1 aromatic heterocycles. The summed E-state index contributed by atoms with van der Waals surface area (Å²) in [6.45, 7) is 2.61. The first-order valence-electron chi connectivity index (χ1n) is 7.58. The van der Waals surface area contributed by atoms with E-state index in [1.54, 1.807) is 0 Å². The van der Waals surface area contributed by atoms with Gasteiger partial charge in [-0.1, -0.05) is 17.3 Å². The summed E-state index contributed by atoms with van der Waals surface area (Å²) in [7, 11) is 0. The molecular weight excluding hydrogens is 266 g/mol. The second-order valence-electron chi connectivity index (χ2n) is 5.53. The highest BCUT2D eigenvalue weighted by atomic mass is 16.5. The number of hydrogen-bond acceptors (Lipinski definition) is 5. The summed E-state index contributed by atoms with van der Waals surface area (Å²) in [6.07, 6.45) is 4.12. The smallest absolute Gasteiger partial charge is 0.230 e. The number of rotatable bonds is 4. The molecule has 0 atom stereocenters. The minimum Gasteiger partial charge on any atom is -0.494 e. The molecule has 0 radical (unpaired) electrons. The van der Waals surface area contributed by atoms with Gasteiger partial charge in [0.15, 0.2) is 0 Å². The third kappa shape index (κ3) is 3.24. The molecule has 1 fully saturated rings. The lowest BCUT2D eigenvalue weighted by Crippen LogP contribution is -2.25. The lowest BCUT2D eigenvalue weighted by molar-refractivity contribution is 0.301. The van der Waals surface area contributed by atoms with E-state index in [4.69, 9.17) is 15.0 Å². The fraction of sp³-hybridized carbons (Fsp3) is 0.500. The SMILES string of the molecule is CCOc1cccc(-c2noc(C3CCC(N)CC3)n2)c1. The van der Waals surface area contributed by atoms with E-state index in [1.807, 2.05) is 31.2 Å². The zero-order valence-corrected chi connectivity index (χ0v) is 12.3. The Morgan fingerprint density at radius 3 is 2.86 bits per heavy atom. The zero-order chi connectivity index (χ0) is 14.7. The molecule has 2 N–H and O–H groups in total. The van der Waals surface area contributed by atoms with Crippen LogP contribution in [-0.2, 0) is 0 Å². The average molecular weight is 287 g/mol. The minimum absolute atomic E-state index is 0.325. The Balaban J connectivity index is 1.76. The van der Waals surface area contributed by atoms with Gasteiger partial charge in [0.2, 0.25) is 11.7 Å². The van der Waals surface area contributed by atoms with Crippen LogP contribution in [0.15, 0.2) is 28.8 Å². The van der Waals surface area contributed by atoms with Gasteiger partial charge in [-0.25, -0.2) is 0 Å². The molecule has 0 bridgehead atoms. The Hall–Kier alpha value is -1.88. The molecule has 112 valence electrons. The van der Waals surface area contributed by atoms with Gasteiger partial charge in [0.05, 0.1) is 6.61 Å². The normalized spacial score (nSPS) is 22.2. The van der Waals surface area contributed by atoms with Gasteiger partial charge >= 0.3 is 0 Å². The number of nitrogens with two attached hydrogens (primary N) is 1. The van der Waals surface area contributed by atoms with E-state index in [0.29, 0.717) is 24.4 Å². The van der Waals surface area contributed by atoms with Gasteiger partial charge < -0.3 is 15.0 Å². The Bertz CT molecular complexity index is 589. The highest BCUT2D eigenvalue weighted by Gasteiger charge is 2.25. The summed E-state index contributed by atoms with van der Waals surface area (Å²) in [5.41, 5.74) is 6.86. The molecule has 1 aromatic carbocycles. The number of ether oxygens (including phenoxy) is 1. The molecule has 1 aliphatic rings. The molecule has 5 nitrogen and oxygen atoms in total. The first-order valence-corrected chi connectivity index (χ1v) is 7.58. The molecule has 5 heteroatoms. The van der Waals surface area contributed by atoms with Crippen molar-refractivity contribution < 1.29 is 9.26 Å². The first kappa shape index (κ1) is 14.1. The summed E-state index contributed by atoms with van der Waals surface area (Å²) < 4.78 is 11.0. The van der Waals surface area contributed by atoms with E-state index in [2.05, 4.69) is 10.1 Å². The van der Waals surface area contributed by atoms with E-state index >= 15 is 0 Å². The van der Waals surface area contributed by atoms with Gasteiger partial charge in [-0.3, -0.25) is 0 Å². The molecule has 1 saturated carbocycles. The summed E-state index contributed by atoms with van der Waals surface area (Å²) in [5, 5.41) is 4.11. The predicted octanol–water partition coefficient (Wildman–Crippen LogP) is 3.12. The maximum Gasteiger partial charge on any atom is 0.230 e. The molecule has 1 aliphatic carbocycles. The standard InChI is InChI=1S/C16H21N3O2/c1-2-20-14-5-3-4-12(10-14)15-18-16(21-19-15)11-6-8-13(17)9-7-11/h3-5,10-11,13H,2,6-9,17H2,1H3. The molecule has 21 heavy (non-hydrogen) atoms. The van der Waals surface area contributed by atoms with Crippen LogP contribution in [0.25, 0.3) is 11.4 Å². The summed E-state index contributed by atoms with van der Waals surface area (Å²) in [6, 6.07) is 8.10. The van der Waals surface area contributed by atoms with E-state index in [9.17, 15) is 0 Å². The van der Waals surface area contributed by atoms with Crippen LogP contribution < -0.4 is 10.5 Å². The van der Waals surface area contributed by atoms with Crippen molar-refractivity contribution in [1.29, 1.82) is 0 Å². The van der Waals surface area contributed by atoms with Crippen molar-refractivity contribution in [2.45, 2.75) is 44.6 Å². The van der Waals surface area contributed by atoms with Crippen LogP contribution >= 0.6 is 0 Å². The number of hydrogen-bond donors (Lipinski definition) is 1. The van der Waals surface area contributed by atoms with Gasteiger partial charge in [-0.2, -0.15) is 4.98 Å². The topological polar surface area (TPSA) is 74.2 Å². The lowest BCUT2D eigenvalue weighted by Gasteiger charge is -2.22. The van der Waals surface area contributed by atoms with Crippen LogP contribution in [0.1, 0.15) is 44.4 Å². The van der Waals surface area contributed by atoms with Crippen molar-refractivity contribution in [3.63, 3.8) is 0 Å². The van der Waals surface area contributed by atoms with Crippen LogP contribution in [0.5, 0.6) is 5.75 Å². The fourth-order valence-corrected chi connectivity index (χ4v) is 2.78. The van der Waals surface area contributed by atoms with Crippen LogP contribution in [0, 0.1) is 0 Å². The highest BCUT2D eigenvalue weighted by molar-refractivity contribution is 5.56. The molecule has 2 aromatic rings. The van der Waals surface area contributed by atoms with Gasteiger partial charge in [-0.15, -0.1) is 0 Å². The Morgan fingerprint density at radius 2 is 2.10 bits per heavy atom. The quantitative estimate of drug-likeness (QED) is 0.935. The lowest BCUT2D eigenvalue weighted by atomic mass is 9.86. The molecular formula is C16H21N3O2. The largest absolute Gasteiger partial charge is 0.494 e. The second-order valence-corrected chi connectivity index (χ2v) is 5.53.